The number of nitrogens with zero attached hydrogens (tertiary/aromatic N) is 1. The molecule has 3 heteroatoms. The first-order chi connectivity index (χ1) is 10.2. The maximum atomic E-state index is 5.85. The summed E-state index contributed by atoms with van der Waals surface area (Å²) in [5.41, 5.74) is 10.4. The molecule has 3 aromatic rings. The molecular formula is C18H20N2O. The highest BCUT2D eigenvalue weighted by atomic mass is 16.3. The van der Waals surface area contributed by atoms with Crippen molar-refractivity contribution in [2.75, 3.05) is 11.9 Å². The smallest absolute Gasteiger partial charge is 0.134 e. The summed E-state index contributed by atoms with van der Waals surface area (Å²) in [7, 11) is 2.09. The molecule has 0 fully saturated rings. The molecule has 3 nitrogen and oxygen atoms in total. The van der Waals surface area contributed by atoms with Crippen LogP contribution < -0.4 is 10.6 Å². The summed E-state index contributed by atoms with van der Waals surface area (Å²) in [5, 5.41) is 1.15. The maximum Gasteiger partial charge on any atom is 0.134 e. The molecule has 108 valence electrons. The minimum absolute atomic E-state index is 0.422. The standard InChI is InChI=1S/C18H20N2O/c1-13-7-9-14(10-8-13)20(2)12-16-15-5-3-4-6-17(15)21-18(16)11-19/h3-10H,11-12,19H2,1-2H3. The minimum Gasteiger partial charge on any atom is -0.459 e. The average Bonchev–Trinajstić information content (AvgIpc) is 2.86. The van der Waals surface area contributed by atoms with Crippen LogP contribution in [-0.4, -0.2) is 7.05 Å². The molecule has 0 aliphatic heterocycles. The van der Waals surface area contributed by atoms with Gasteiger partial charge in [0.05, 0.1) is 6.54 Å². The van der Waals surface area contributed by atoms with Gasteiger partial charge in [-0.25, -0.2) is 0 Å². The second-order valence-corrected chi connectivity index (χ2v) is 5.40. The summed E-state index contributed by atoms with van der Waals surface area (Å²) < 4.78 is 5.85. The Morgan fingerprint density at radius 2 is 1.76 bits per heavy atom. The fraction of sp³-hybridized carbons (Fsp3) is 0.222. The molecule has 2 aromatic carbocycles. The van der Waals surface area contributed by atoms with Crippen LogP contribution in [0.4, 0.5) is 5.69 Å². The third-order valence-corrected chi connectivity index (χ3v) is 3.84. The fourth-order valence-corrected chi connectivity index (χ4v) is 2.62. The summed E-state index contributed by atoms with van der Waals surface area (Å²) in [6.07, 6.45) is 0. The quantitative estimate of drug-likeness (QED) is 0.789. The number of benzene rings is 2. The van der Waals surface area contributed by atoms with Gasteiger partial charge >= 0.3 is 0 Å². The monoisotopic (exact) mass is 280 g/mol. The van der Waals surface area contributed by atoms with Gasteiger partial charge in [0.15, 0.2) is 0 Å². The third kappa shape index (κ3) is 2.65. The molecule has 2 N–H and O–H groups in total. The van der Waals surface area contributed by atoms with E-state index in [2.05, 4.69) is 49.2 Å². The second kappa shape index (κ2) is 5.62. The molecule has 0 amide bonds. The Kier molecular flexibility index (Phi) is 3.67. The van der Waals surface area contributed by atoms with E-state index in [-0.39, 0.29) is 0 Å². The molecule has 1 heterocycles. The van der Waals surface area contributed by atoms with E-state index in [1.54, 1.807) is 0 Å². The van der Waals surface area contributed by atoms with Gasteiger partial charge in [-0.2, -0.15) is 0 Å². The van der Waals surface area contributed by atoms with E-state index in [9.17, 15) is 0 Å². The third-order valence-electron chi connectivity index (χ3n) is 3.84. The van der Waals surface area contributed by atoms with Crippen LogP contribution in [0.25, 0.3) is 11.0 Å². The van der Waals surface area contributed by atoms with Crippen molar-refractivity contribution in [1.29, 1.82) is 0 Å². The van der Waals surface area contributed by atoms with Crippen LogP contribution in [0.1, 0.15) is 16.9 Å². The van der Waals surface area contributed by atoms with Crippen molar-refractivity contribution in [3.63, 3.8) is 0 Å². The van der Waals surface area contributed by atoms with Crippen molar-refractivity contribution in [3.05, 3.63) is 65.4 Å². The lowest BCUT2D eigenvalue weighted by Crippen LogP contribution is -2.17. The van der Waals surface area contributed by atoms with Gasteiger partial charge in [-0.15, -0.1) is 0 Å². The van der Waals surface area contributed by atoms with Crippen molar-refractivity contribution in [2.24, 2.45) is 5.73 Å². The second-order valence-electron chi connectivity index (χ2n) is 5.40. The Morgan fingerprint density at radius 3 is 2.48 bits per heavy atom. The van der Waals surface area contributed by atoms with Gasteiger partial charge in [0, 0.05) is 30.2 Å². The van der Waals surface area contributed by atoms with Crippen molar-refractivity contribution in [3.8, 4) is 0 Å². The van der Waals surface area contributed by atoms with E-state index >= 15 is 0 Å². The molecule has 0 radical (unpaired) electrons. The van der Waals surface area contributed by atoms with E-state index in [0.717, 1.165) is 23.3 Å². The Balaban J connectivity index is 1.95. The van der Waals surface area contributed by atoms with Crippen LogP contribution in [0.3, 0.4) is 0 Å². The van der Waals surface area contributed by atoms with Crippen LogP contribution in [0, 0.1) is 6.92 Å². The number of nitrogens with two attached hydrogens (primary N) is 1. The predicted molar refractivity (Wildman–Crippen MR) is 87.4 cm³/mol. The molecule has 21 heavy (non-hydrogen) atoms. The lowest BCUT2D eigenvalue weighted by Gasteiger charge is -2.19. The summed E-state index contributed by atoms with van der Waals surface area (Å²) in [6.45, 7) is 3.30. The molecule has 0 atom stereocenters. The zero-order valence-corrected chi connectivity index (χ0v) is 12.5. The Labute approximate surface area is 125 Å². The largest absolute Gasteiger partial charge is 0.459 e. The molecule has 0 spiro atoms. The Bertz CT molecular complexity index is 744. The number of rotatable bonds is 4. The first kappa shape index (κ1) is 13.7. The van der Waals surface area contributed by atoms with Crippen molar-refractivity contribution < 1.29 is 4.42 Å². The molecule has 0 saturated carbocycles. The molecule has 0 bridgehead atoms. The van der Waals surface area contributed by atoms with Crippen LogP contribution in [0.2, 0.25) is 0 Å². The summed E-state index contributed by atoms with van der Waals surface area (Å²) in [5.74, 6) is 0.871. The van der Waals surface area contributed by atoms with E-state index in [1.807, 2.05) is 18.2 Å². The lowest BCUT2D eigenvalue weighted by atomic mass is 10.1. The van der Waals surface area contributed by atoms with Gasteiger partial charge in [-0.1, -0.05) is 35.9 Å². The van der Waals surface area contributed by atoms with E-state index in [4.69, 9.17) is 10.2 Å². The summed E-state index contributed by atoms with van der Waals surface area (Å²) >= 11 is 0. The number of hydrogen-bond acceptors (Lipinski definition) is 3. The highest BCUT2D eigenvalue weighted by molar-refractivity contribution is 5.82. The summed E-state index contributed by atoms with van der Waals surface area (Å²) in [6, 6.07) is 16.6. The number of hydrogen-bond donors (Lipinski definition) is 1. The molecule has 0 unspecified atom stereocenters. The van der Waals surface area contributed by atoms with Gasteiger partial charge in [0.1, 0.15) is 11.3 Å². The van der Waals surface area contributed by atoms with Crippen molar-refractivity contribution >= 4 is 16.7 Å². The van der Waals surface area contributed by atoms with E-state index in [1.165, 1.54) is 16.8 Å². The first-order valence-electron chi connectivity index (χ1n) is 7.16. The fourth-order valence-electron chi connectivity index (χ4n) is 2.62. The van der Waals surface area contributed by atoms with Gasteiger partial charge in [0.25, 0.3) is 0 Å². The highest BCUT2D eigenvalue weighted by Gasteiger charge is 2.14. The number of aryl methyl sites for hydroxylation is 1. The topological polar surface area (TPSA) is 42.4 Å². The Morgan fingerprint density at radius 1 is 1.05 bits per heavy atom. The lowest BCUT2D eigenvalue weighted by molar-refractivity contribution is 0.545. The maximum absolute atomic E-state index is 5.85. The number of furan rings is 1. The molecular weight excluding hydrogens is 260 g/mol. The van der Waals surface area contributed by atoms with Gasteiger partial charge < -0.3 is 15.1 Å². The minimum atomic E-state index is 0.422. The van der Waals surface area contributed by atoms with Gasteiger partial charge in [0.2, 0.25) is 0 Å². The van der Waals surface area contributed by atoms with Crippen LogP contribution in [0.15, 0.2) is 52.9 Å². The van der Waals surface area contributed by atoms with E-state index < -0.39 is 0 Å². The zero-order valence-electron chi connectivity index (χ0n) is 12.5. The van der Waals surface area contributed by atoms with Crippen LogP contribution >= 0.6 is 0 Å². The van der Waals surface area contributed by atoms with Crippen LogP contribution in [-0.2, 0) is 13.1 Å². The van der Waals surface area contributed by atoms with Crippen molar-refractivity contribution in [2.45, 2.75) is 20.0 Å². The molecule has 0 aliphatic rings. The van der Waals surface area contributed by atoms with Crippen LogP contribution in [0.5, 0.6) is 0 Å². The highest BCUT2D eigenvalue weighted by Crippen LogP contribution is 2.28. The normalized spacial score (nSPS) is 11.0. The average molecular weight is 280 g/mol. The number of fused-ring (bicyclic) bond motifs is 1. The SMILES string of the molecule is Cc1ccc(N(C)Cc2c(CN)oc3ccccc23)cc1. The zero-order chi connectivity index (χ0) is 14.8. The Hall–Kier alpha value is -2.26. The number of para-hydroxylation sites is 1. The number of anilines is 1. The van der Waals surface area contributed by atoms with Crippen molar-refractivity contribution in [1.82, 2.24) is 0 Å². The molecule has 1 aromatic heterocycles. The first-order valence-corrected chi connectivity index (χ1v) is 7.16. The molecule has 0 saturated heterocycles. The van der Waals surface area contributed by atoms with E-state index in [0.29, 0.717) is 6.54 Å². The van der Waals surface area contributed by atoms with Gasteiger partial charge in [-0.05, 0) is 25.1 Å². The molecule has 3 rings (SSSR count). The molecule has 0 aliphatic carbocycles. The summed E-state index contributed by atoms with van der Waals surface area (Å²) in [4.78, 5) is 2.22. The predicted octanol–water partition coefficient (Wildman–Crippen LogP) is 3.84. The van der Waals surface area contributed by atoms with Gasteiger partial charge in [-0.3, -0.25) is 0 Å².